The summed E-state index contributed by atoms with van der Waals surface area (Å²) in [6.45, 7) is 4.31. The molecule has 3 fully saturated rings. The number of sulfonamides is 1. The lowest BCUT2D eigenvalue weighted by molar-refractivity contribution is -0.166. The number of carbonyl (C=O) groups is 1. The van der Waals surface area contributed by atoms with E-state index in [1.165, 1.54) is 23.5 Å². The Morgan fingerprint density at radius 1 is 1.09 bits per heavy atom. The molecule has 5 rings (SSSR count). The average Bonchev–Trinajstić information content (AvgIpc) is 3.72. The maximum Gasteiger partial charge on any atom is 0.407 e. The van der Waals surface area contributed by atoms with Gasteiger partial charge < -0.3 is 34.1 Å². The summed E-state index contributed by atoms with van der Waals surface area (Å²) in [6, 6.07) is 14.8. The first-order valence-electron chi connectivity index (χ1n) is 15.7. The zero-order valence-corrected chi connectivity index (χ0v) is 27.3. The summed E-state index contributed by atoms with van der Waals surface area (Å²) >= 11 is 0. The predicted octanol–water partition coefficient (Wildman–Crippen LogP) is 3.74. The molecule has 2 heterocycles. The molecule has 0 aromatic heterocycles. The van der Waals surface area contributed by atoms with Crippen LogP contribution in [0.15, 0.2) is 59.5 Å². The van der Waals surface area contributed by atoms with Crippen molar-refractivity contribution in [3.63, 3.8) is 0 Å². The van der Waals surface area contributed by atoms with Gasteiger partial charge in [0.2, 0.25) is 10.0 Å². The van der Waals surface area contributed by atoms with Gasteiger partial charge in [-0.05, 0) is 55.0 Å². The van der Waals surface area contributed by atoms with Crippen molar-refractivity contribution >= 4 is 16.1 Å². The van der Waals surface area contributed by atoms with Gasteiger partial charge in [-0.25, -0.2) is 13.2 Å². The van der Waals surface area contributed by atoms with Crippen LogP contribution >= 0.6 is 0 Å². The molecule has 2 saturated heterocycles. The van der Waals surface area contributed by atoms with Gasteiger partial charge in [-0.1, -0.05) is 44.2 Å². The third-order valence-corrected chi connectivity index (χ3v) is 11.0. The monoisotopic (exact) mass is 646 g/mol. The lowest BCUT2D eigenvalue weighted by Gasteiger charge is -2.31. The van der Waals surface area contributed by atoms with Gasteiger partial charge in [-0.2, -0.15) is 4.31 Å². The number of alkyl carbamates (subject to hydrolysis) is 1. The molecular formula is C33H46N2O9S. The number of nitrogens with zero attached hydrogens (tertiary/aromatic N) is 1. The minimum Gasteiger partial charge on any atom is -0.497 e. The zero-order valence-electron chi connectivity index (χ0n) is 26.5. The lowest BCUT2D eigenvalue weighted by Crippen LogP contribution is -2.51. The zero-order chi connectivity index (χ0) is 32.2. The Kier molecular flexibility index (Phi) is 10.7. The van der Waals surface area contributed by atoms with E-state index >= 15 is 0 Å². The van der Waals surface area contributed by atoms with E-state index in [1.54, 1.807) is 19.2 Å². The van der Waals surface area contributed by atoms with Gasteiger partial charge >= 0.3 is 6.09 Å². The number of aliphatic hydroxyl groups excluding tert-OH is 1. The Morgan fingerprint density at radius 2 is 1.82 bits per heavy atom. The number of aliphatic hydroxyl groups is 1. The number of hydrogen-bond acceptors (Lipinski definition) is 9. The molecule has 1 aliphatic carbocycles. The van der Waals surface area contributed by atoms with E-state index in [1.807, 2.05) is 44.2 Å². The quantitative estimate of drug-likeness (QED) is 0.334. The molecule has 11 nitrogen and oxygen atoms in total. The van der Waals surface area contributed by atoms with Crippen molar-refractivity contribution in [3.8, 4) is 5.75 Å². The fraction of sp³-hybridized carbons (Fsp3) is 0.606. The average molecular weight is 647 g/mol. The van der Waals surface area contributed by atoms with Crippen LogP contribution < -0.4 is 10.1 Å². The molecule has 0 radical (unpaired) electrons. The molecule has 45 heavy (non-hydrogen) atoms. The Labute approximate surface area is 266 Å². The van der Waals surface area contributed by atoms with E-state index in [-0.39, 0.29) is 54.7 Å². The van der Waals surface area contributed by atoms with Crippen molar-refractivity contribution in [2.45, 2.75) is 87.1 Å². The van der Waals surface area contributed by atoms with E-state index in [9.17, 15) is 18.3 Å². The van der Waals surface area contributed by atoms with E-state index in [4.69, 9.17) is 23.7 Å². The third kappa shape index (κ3) is 7.81. The van der Waals surface area contributed by atoms with E-state index in [0.29, 0.717) is 25.2 Å². The van der Waals surface area contributed by atoms with Crippen LogP contribution in [0.4, 0.5) is 4.79 Å². The summed E-state index contributed by atoms with van der Waals surface area (Å²) in [4.78, 5) is 13.4. The van der Waals surface area contributed by atoms with Gasteiger partial charge in [-0.15, -0.1) is 0 Å². The summed E-state index contributed by atoms with van der Waals surface area (Å²) in [6.07, 6.45) is 0.531. The number of amides is 1. The maximum atomic E-state index is 13.7. The van der Waals surface area contributed by atoms with Gasteiger partial charge in [0, 0.05) is 39.0 Å². The normalized spacial score (nSPS) is 27.5. The number of benzene rings is 2. The molecule has 2 N–H and O–H groups in total. The fourth-order valence-electron chi connectivity index (χ4n) is 6.83. The highest BCUT2D eigenvalue weighted by atomic mass is 32.2. The van der Waals surface area contributed by atoms with Gasteiger partial charge in [0.25, 0.3) is 0 Å². The smallest absolute Gasteiger partial charge is 0.407 e. The Balaban J connectivity index is 1.28. The minimum absolute atomic E-state index is 0.00827. The Hall–Kier alpha value is -2.74. The molecule has 1 amide bonds. The number of rotatable bonds is 13. The molecular weight excluding hydrogens is 600 g/mol. The van der Waals surface area contributed by atoms with Crippen LogP contribution in [-0.2, 0) is 35.4 Å². The van der Waals surface area contributed by atoms with Crippen LogP contribution in [0.25, 0.3) is 0 Å². The minimum atomic E-state index is -3.96. The topological polar surface area (TPSA) is 133 Å². The van der Waals surface area contributed by atoms with Gasteiger partial charge in [-0.3, -0.25) is 0 Å². The number of nitrogens with one attached hydrogen (secondary N) is 1. The molecule has 12 heteroatoms. The number of fused-ring (bicyclic) bond motifs is 2. The molecule has 1 spiro atoms. The first-order valence-corrected chi connectivity index (χ1v) is 17.1. The van der Waals surface area contributed by atoms with Crippen molar-refractivity contribution in [2.24, 2.45) is 11.8 Å². The first kappa shape index (κ1) is 33.6. The summed E-state index contributed by atoms with van der Waals surface area (Å²) in [5.41, 5.74) is 0.466. The second kappa shape index (κ2) is 14.4. The van der Waals surface area contributed by atoms with Gasteiger partial charge in [0.15, 0.2) is 6.29 Å². The van der Waals surface area contributed by atoms with Crippen LogP contribution in [0.5, 0.6) is 5.75 Å². The summed E-state index contributed by atoms with van der Waals surface area (Å²) < 4.78 is 57.5. The lowest BCUT2D eigenvalue weighted by atomic mass is 9.85. The highest BCUT2D eigenvalue weighted by molar-refractivity contribution is 7.89. The highest BCUT2D eigenvalue weighted by Gasteiger charge is 2.58. The SMILES string of the molecule is COc1ccc(S(=O)(=O)N(CC(C)C)C[C@@H](O)[C@H](Cc2ccccc2)NC(=O)O[C@H]2C[C@H]3OC[C@]4(CC[C@H](OC)O4)[C@H]3C2)cc1. The fourth-order valence-corrected chi connectivity index (χ4v) is 8.45. The van der Waals surface area contributed by atoms with Crippen LogP contribution in [0.1, 0.15) is 45.1 Å². The largest absolute Gasteiger partial charge is 0.497 e. The number of ether oxygens (including phenoxy) is 5. The van der Waals surface area contributed by atoms with E-state index < -0.39 is 33.9 Å². The standard InChI is InChI=1S/C33H46N2O9S/c1-22(2)19-35(45(38,39)26-12-10-24(40-3)11-13-26)20-29(36)28(16-23-8-6-5-7-9-23)34-32(37)43-25-17-27-30(18-25)42-21-33(27)15-14-31(41-4)44-33/h5-13,22,25,27-31,36H,14-21H2,1-4H3,(H,34,37)/t25-,27+,28+,29-,30-,31-,33-/m1/s1. The van der Waals surface area contributed by atoms with Crippen LogP contribution in [0, 0.1) is 11.8 Å². The molecule has 2 aliphatic heterocycles. The molecule has 0 bridgehead atoms. The first-order chi connectivity index (χ1) is 21.5. The summed E-state index contributed by atoms with van der Waals surface area (Å²) in [7, 11) is -0.805. The molecule has 2 aromatic rings. The number of carbonyl (C=O) groups excluding carboxylic acids is 1. The highest BCUT2D eigenvalue weighted by Crippen LogP contribution is 2.50. The van der Waals surface area contributed by atoms with Crippen molar-refractivity contribution in [2.75, 3.05) is 33.9 Å². The number of methoxy groups -OCH3 is 2. The second-order valence-corrected chi connectivity index (χ2v) is 14.7. The van der Waals surface area contributed by atoms with Gasteiger partial charge in [0.1, 0.15) is 17.5 Å². The van der Waals surface area contributed by atoms with Crippen molar-refractivity contribution < 1.29 is 42.0 Å². The van der Waals surface area contributed by atoms with Gasteiger partial charge in [0.05, 0.1) is 36.9 Å². The van der Waals surface area contributed by atoms with Crippen molar-refractivity contribution in [1.29, 1.82) is 0 Å². The summed E-state index contributed by atoms with van der Waals surface area (Å²) in [5, 5.41) is 14.4. The van der Waals surface area contributed by atoms with Crippen molar-refractivity contribution in [3.05, 3.63) is 60.2 Å². The Bertz CT molecular complexity index is 1370. The third-order valence-electron chi connectivity index (χ3n) is 9.11. The van der Waals surface area contributed by atoms with Crippen LogP contribution in [0.3, 0.4) is 0 Å². The van der Waals surface area contributed by atoms with Crippen molar-refractivity contribution in [1.82, 2.24) is 9.62 Å². The molecule has 248 valence electrons. The molecule has 3 aliphatic rings. The van der Waals surface area contributed by atoms with E-state index in [2.05, 4.69) is 5.32 Å². The van der Waals surface area contributed by atoms with Crippen LogP contribution in [0.2, 0.25) is 0 Å². The molecule has 2 aromatic carbocycles. The number of hydrogen-bond donors (Lipinski definition) is 2. The predicted molar refractivity (Wildman–Crippen MR) is 166 cm³/mol. The van der Waals surface area contributed by atoms with E-state index in [0.717, 1.165) is 18.4 Å². The molecule has 7 atom stereocenters. The Morgan fingerprint density at radius 3 is 2.47 bits per heavy atom. The second-order valence-electron chi connectivity index (χ2n) is 12.7. The summed E-state index contributed by atoms with van der Waals surface area (Å²) in [5.74, 6) is 0.637. The van der Waals surface area contributed by atoms with Crippen LogP contribution in [-0.4, -0.2) is 94.1 Å². The molecule has 1 saturated carbocycles. The maximum absolute atomic E-state index is 13.7. The molecule has 0 unspecified atom stereocenters.